The Morgan fingerprint density at radius 2 is 0.827 bits per heavy atom. The fourth-order valence-corrected chi connectivity index (χ4v) is 8.57. The monoisotopic (exact) mass is 663 g/mol. The van der Waals surface area contributed by atoms with Crippen molar-refractivity contribution in [2.45, 2.75) is 0 Å². The van der Waals surface area contributed by atoms with Gasteiger partial charge in [-0.1, -0.05) is 78.9 Å². The standard InChI is InChI=1S/C48H29N3O/c1-4-10-41-33(7-1)36-23-28(13-18-42(36)49-41)29-14-19-43-37(24-29)38-25-30(15-20-44(38)50-43)31-16-21-46-39(26-31)34-8-2-5-11-45(34)51(46)32-17-22-48-40(27-32)35-9-3-6-12-47(35)52-48/h1-27,49-50H. The van der Waals surface area contributed by atoms with Crippen LogP contribution in [0.1, 0.15) is 0 Å². The number of fused-ring (bicyclic) bond motifs is 12. The zero-order chi connectivity index (χ0) is 33.9. The zero-order valence-electron chi connectivity index (χ0n) is 27.9. The molecule has 4 heterocycles. The highest BCUT2D eigenvalue weighted by Crippen LogP contribution is 2.39. The number of nitrogens with one attached hydrogen (secondary N) is 2. The molecule has 0 saturated carbocycles. The van der Waals surface area contributed by atoms with Crippen LogP contribution < -0.4 is 0 Å². The van der Waals surface area contributed by atoms with Gasteiger partial charge in [-0.05, 0) is 107 Å². The molecule has 0 amide bonds. The molecule has 0 fully saturated rings. The van der Waals surface area contributed by atoms with Gasteiger partial charge in [0, 0.05) is 70.8 Å². The molecule has 12 aromatic rings. The second-order valence-corrected chi connectivity index (χ2v) is 13.9. The van der Waals surface area contributed by atoms with E-state index in [1.54, 1.807) is 0 Å². The number of aromatic amines is 2. The number of nitrogens with zero attached hydrogens (tertiary/aromatic N) is 1. The van der Waals surface area contributed by atoms with Gasteiger partial charge < -0.3 is 19.0 Å². The Morgan fingerprint density at radius 1 is 0.327 bits per heavy atom. The highest BCUT2D eigenvalue weighted by Gasteiger charge is 2.16. The Morgan fingerprint density at radius 3 is 1.54 bits per heavy atom. The smallest absolute Gasteiger partial charge is 0.135 e. The van der Waals surface area contributed by atoms with Crippen molar-refractivity contribution < 1.29 is 4.42 Å². The van der Waals surface area contributed by atoms with Gasteiger partial charge in [-0.2, -0.15) is 0 Å². The summed E-state index contributed by atoms with van der Waals surface area (Å²) in [7, 11) is 0. The summed E-state index contributed by atoms with van der Waals surface area (Å²) in [6.45, 7) is 0. The van der Waals surface area contributed by atoms with Gasteiger partial charge in [0.2, 0.25) is 0 Å². The van der Waals surface area contributed by atoms with Crippen LogP contribution in [0.15, 0.2) is 168 Å². The molecule has 8 aromatic carbocycles. The van der Waals surface area contributed by atoms with E-state index in [0.29, 0.717) is 0 Å². The van der Waals surface area contributed by atoms with Crippen molar-refractivity contribution in [3.63, 3.8) is 0 Å². The van der Waals surface area contributed by atoms with Crippen LogP contribution in [-0.2, 0) is 0 Å². The van der Waals surface area contributed by atoms with Crippen molar-refractivity contribution in [2.24, 2.45) is 0 Å². The summed E-state index contributed by atoms with van der Waals surface area (Å²) in [5.74, 6) is 0. The summed E-state index contributed by atoms with van der Waals surface area (Å²) in [6, 6.07) is 59.3. The molecule has 0 aliphatic rings. The Hall–Kier alpha value is -7.04. The number of H-pyrrole nitrogens is 2. The van der Waals surface area contributed by atoms with Gasteiger partial charge in [-0.15, -0.1) is 0 Å². The number of benzene rings is 8. The molecule has 0 aliphatic carbocycles. The van der Waals surface area contributed by atoms with Gasteiger partial charge in [0.15, 0.2) is 0 Å². The van der Waals surface area contributed by atoms with Crippen molar-refractivity contribution in [1.82, 2.24) is 14.5 Å². The lowest BCUT2D eigenvalue weighted by molar-refractivity contribution is 0.669. The number of furan rings is 1. The molecule has 0 aliphatic heterocycles. The van der Waals surface area contributed by atoms with Crippen LogP contribution in [0.4, 0.5) is 0 Å². The van der Waals surface area contributed by atoms with Crippen LogP contribution in [0.25, 0.3) is 115 Å². The maximum atomic E-state index is 6.16. The molecule has 0 radical (unpaired) electrons. The van der Waals surface area contributed by atoms with Gasteiger partial charge >= 0.3 is 0 Å². The fraction of sp³-hybridized carbons (Fsp3) is 0. The largest absolute Gasteiger partial charge is 0.456 e. The molecular formula is C48H29N3O. The first-order valence-electron chi connectivity index (χ1n) is 17.8. The van der Waals surface area contributed by atoms with Crippen molar-refractivity contribution in [3.05, 3.63) is 164 Å². The third kappa shape index (κ3) is 3.92. The molecule has 0 atom stereocenters. The molecule has 52 heavy (non-hydrogen) atoms. The van der Waals surface area contributed by atoms with Crippen molar-refractivity contribution in [2.75, 3.05) is 0 Å². The molecule has 12 rings (SSSR count). The Balaban J connectivity index is 0.994. The lowest BCUT2D eigenvalue weighted by Crippen LogP contribution is -1.93. The third-order valence-electron chi connectivity index (χ3n) is 11.1. The van der Waals surface area contributed by atoms with E-state index in [9.17, 15) is 0 Å². The van der Waals surface area contributed by atoms with E-state index in [1.165, 1.54) is 71.1 Å². The minimum atomic E-state index is 0.906. The quantitative estimate of drug-likeness (QED) is 0.194. The minimum absolute atomic E-state index is 0.906. The average molecular weight is 664 g/mol. The molecule has 4 nitrogen and oxygen atoms in total. The molecule has 0 spiro atoms. The van der Waals surface area contributed by atoms with Gasteiger partial charge in [0.25, 0.3) is 0 Å². The summed E-state index contributed by atoms with van der Waals surface area (Å²) in [5, 5.41) is 9.70. The first kappa shape index (κ1) is 27.7. The van der Waals surface area contributed by atoms with E-state index in [1.807, 2.05) is 12.1 Å². The normalized spacial score (nSPS) is 12.2. The predicted molar refractivity (Wildman–Crippen MR) is 218 cm³/mol. The molecule has 4 aromatic heterocycles. The molecule has 0 saturated heterocycles. The summed E-state index contributed by atoms with van der Waals surface area (Å²) >= 11 is 0. The molecule has 0 bridgehead atoms. The second kappa shape index (κ2) is 10.3. The zero-order valence-corrected chi connectivity index (χ0v) is 27.9. The fourth-order valence-electron chi connectivity index (χ4n) is 8.57. The van der Waals surface area contributed by atoms with E-state index < -0.39 is 0 Å². The van der Waals surface area contributed by atoms with Crippen LogP contribution in [0, 0.1) is 0 Å². The number of rotatable bonds is 3. The van der Waals surface area contributed by atoms with E-state index >= 15 is 0 Å². The first-order chi connectivity index (χ1) is 25.7. The third-order valence-corrected chi connectivity index (χ3v) is 11.1. The topological polar surface area (TPSA) is 49.6 Å². The molecule has 242 valence electrons. The summed E-state index contributed by atoms with van der Waals surface area (Å²) < 4.78 is 8.54. The summed E-state index contributed by atoms with van der Waals surface area (Å²) in [5.41, 5.74) is 14.7. The Bertz CT molecular complexity index is 3420. The molecular weight excluding hydrogens is 635 g/mol. The van der Waals surface area contributed by atoms with E-state index in [0.717, 1.165) is 44.2 Å². The highest BCUT2D eigenvalue weighted by molar-refractivity contribution is 6.14. The van der Waals surface area contributed by atoms with E-state index in [-0.39, 0.29) is 0 Å². The van der Waals surface area contributed by atoms with Crippen molar-refractivity contribution in [3.8, 4) is 27.9 Å². The maximum absolute atomic E-state index is 6.16. The minimum Gasteiger partial charge on any atom is -0.456 e. The summed E-state index contributed by atoms with van der Waals surface area (Å²) in [4.78, 5) is 7.23. The molecule has 2 N–H and O–H groups in total. The van der Waals surface area contributed by atoms with Gasteiger partial charge in [-0.25, -0.2) is 0 Å². The van der Waals surface area contributed by atoms with Crippen LogP contribution in [0.5, 0.6) is 0 Å². The lowest BCUT2D eigenvalue weighted by atomic mass is 9.98. The maximum Gasteiger partial charge on any atom is 0.135 e. The van der Waals surface area contributed by atoms with Crippen molar-refractivity contribution >= 4 is 87.4 Å². The van der Waals surface area contributed by atoms with Gasteiger partial charge in [0.1, 0.15) is 11.2 Å². The van der Waals surface area contributed by atoms with Crippen LogP contribution >= 0.6 is 0 Å². The first-order valence-corrected chi connectivity index (χ1v) is 17.8. The van der Waals surface area contributed by atoms with Gasteiger partial charge in [-0.3, -0.25) is 0 Å². The number of aromatic nitrogens is 3. The lowest BCUT2D eigenvalue weighted by Gasteiger charge is -2.09. The average Bonchev–Trinajstić information content (AvgIpc) is 3.95. The Labute approximate surface area is 297 Å². The van der Waals surface area contributed by atoms with Crippen LogP contribution in [-0.4, -0.2) is 14.5 Å². The number of hydrogen-bond acceptors (Lipinski definition) is 1. The molecule has 0 unspecified atom stereocenters. The van der Waals surface area contributed by atoms with Crippen LogP contribution in [0.2, 0.25) is 0 Å². The number of para-hydroxylation sites is 3. The van der Waals surface area contributed by atoms with E-state index in [4.69, 9.17) is 4.42 Å². The van der Waals surface area contributed by atoms with Crippen molar-refractivity contribution in [1.29, 1.82) is 0 Å². The predicted octanol–water partition coefficient (Wildman–Crippen LogP) is 13.3. The molecule has 4 heteroatoms. The highest BCUT2D eigenvalue weighted by atomic mass is 16.3. The van der Waals surface area contributed by atoms with E-state index in [2.05, 4.69) is 166 Å². The SMILES string of the molecule is c1ccc2c(c1)[nH]c1ccc(-c3ccc4[nH]c5ccc(-c6ccc7c(c6)c6ccccc6n7-c6ccc7oc8ccccc8c7c6)cc5c4c3)cc12. The van der Waals surface area contributed by atoms with Gasteiger partial charge in [0.05, 0.1) is 11.0 Å². The second-order valence-electron chi connectivity index (χ2n) is 13.9. The summed E-state index contributed by atoms with van der Waals surface area (Å²) in [6.07, 6.45) is 0. The Kier molecular flexibility index (Phi) is 5.47. The van der Waals surface area contributed by atoms with Crippen LogP contribution in [0.3, 0.4) is 0 Å². The number of hydrogen-bond donors (Lipinski definition) is 2.